The second-order valence-corrected chi connectivity index (χ2v) is 7.41. The molecule has 10 heteroatoms. The maximum Gasteiger partial charge on any atom is 0.291 e. The van der Waals surface area contributed by atoms with E-state index in [0.717, 1.165) is 6.07 Å². The van der Waals surface area contributed by atoms with E-state index < -0.39 is 31.4 Å². The molecule has 9 nitrogen and oxygen atoms in total. The number of nitro benzene ring substituents is 1. The first kappa shape index (κ1) is 19.3. The van der Waals surface area contributed by atoms with Crippen molar-refractivity contribution in [1.82, 2.24) is 4.72 Å². The molecule has 0 saturated carbocycles. The van der Waals surface area contributed by atoms with Gasteiger partial charge in [0.15, 0.2) is 10.7 Å². The molecular formula is C18H15N3O6S. The van der Waals surface area contributed by atoms with Crippen LogP contribution in [0.4, 0.5) is 11.4 Å². The Morgan fingerprint density at radius 1 is 1.04 bits per heavy atom. The molecule has 1 aromatic heterocycles. The Hall–Kier alpha value is -3.50. The summed E-state index contributed by atoms with van der Waals surface area (Å²) in [4.78, 5) is 21.8. The van der Waals surface area contributed by atoms with E-state index >= 15 is 0 Å². The van der Waals surface area contributed by atoms with Crippen LogP contribution < -0.4 is 10.0 Å². The van der Waals surface area contributed by atoms with E-state index in [1.54, 1.807) is 30.3 Å². The van der Waals surface area contributed by atoms with Gasteiger partial charge in [-0.25, -0.2) is 13.1 Å². The number of nitrogens with one attached hydrogen (secondary N) is 2. The Morgan fingerprint density at radius 2 is 1.75 bits per heavy atom. The van der Waals surface area contributed by atoms with E-state index in [9.17, 15) is 23.3 Å². The molecule has 144 valence electrons. The number of furan rings is 1. The van der Waals surface area contributed by atoms with Gasteiger partial charge < -0.3 is 9.73 Å². The third-order valence-electron chi connectivity index (χ3n) is 3.77. The lowest BCUT2D eigenvalue weighted by atomic mass is 10.2. The molecule has 0 aliphatic carbocycles. The predicted molar refractivity (Wildman–Crippen MR) is 100 cm³/mol. The topological polar surface area (TPSA) is 132 Å². The second-order valence-electron chi connectivity index (χ2n) is 5.68. The number of sulfonamides is 1. The Bertz CT molecular complexity index is 1090. The van der Waals surface area contributed by atoms with Gasteiger partial charge in [0.2, 0.25) is 10.0 Å². The van der Waals surface area contributed by atoms with Gasteiger partial charge in [-0.15, -0.1) is 0 Å². The van der Waals surface area contributed by atoms with Crippen LogP contribution in [0.5, 0.6) is 0 Å². The van der Waals surface area contributed by atoms with Gasteiger partial charge in [0, 0.05) is 18.3 Å². The third kappa shape index (κ3) is 4.42. The maximum absolute atomic E-state index is 12.4. The summed E-state index contributed by atoms with van der Waals surface area (Å²) in [6.45, 7) is -0.0687. The standard InChI is InChI=1S/C18H15N3O6S/c22-18(16-5-3-11-27-16)20-14-9-7-13(8-10-14)12-19-28(25,26)17-6-2-1-4-15(17)21(23)24/h1-11,19H,12H2,(H,20,22). The van der Waals surface area contributed by atoms with Gasteiger partial charge in [-0.2, -0.15) is 0 Å². The zero-order valence-corrected chi connectivity index (χ0v) is 15.2. The number of rotatable bonds is 7. The summed E-state index contributed by atoms with van der Waals surface area (Å²) in [7, 11) is -4.07. The third-order valence-corrected chi connectivity index (χ3v) is 5.22. The average Bonchev–Trinajstić information content (AvgIpc) is 3.22. The van der Waals surface area contributed by atoms with Gasteiger partial charge in [0.1, 0.15) is 0 Å². The van der Waals surface area contributed by atoms with E-state index in [1.165, 1.54) is 30.5 Å². The summed E-state index contributed by atoms with van der Waals surface area (Å²) in [6, 6.07) is 14.7. The lowest BCUT2D eigenvalue weighted by molar-refractivity contribution is -0.387. The number of para-hydroxylation sites is 1. The van der Waals surface area contributed by atoms with Gasteiger partial charge in [0.25, 0.3) is 11.6 Å². The molecule has 3 aromatic rings. The summed E-state index contributed by atoms with van der Waals surface area (Å²) in [5, 5.41) is 13.7. The minimum absolute atomic E-state index is 0.0687. The Morgan fingerprint density at radius 3 is 2.39 bits per heavy atom. The van der Waals surface area contributed by atoms with Crippen LogP contribution in [0.15, 0.2) is 76.2 Å². The van der Waals surface area contributed by atoms with Crippen molar-refractivity contribution < 1.29 is 22.6 Å². The molecule has 0 fully saturated rings. The van der Waals surface area contributed by atoms with Crippen LogP contribution in [0.3, 0.4) is 0 Å². The fourth-order valence-electron chi connectivity index (χ4n) is 2.40. The van der Waals surface area contributed by atoms with Crippen LogP contribution in [-0.2, 0) is 16.6 Å². The fourth-order valence-corrected chi connectivity index (χ4v) is 3.59. The molecule has 28 heavy (non-hydrogen) atoms. The number of nitrogens with zero attached hydrogens (tertiary/aromatic N) is 1. The number of benzene rings is 2. The molecule has 0 aliphatic rings. The van der Waals surface area contributed by atoms with Crippen LogP contribution >= 0.6 is 0 Å². The molecule has 0 unspecified atom stereocenters. The van der Waals surface area contributed by atoms with Crippen LogP contribution in [0, 0.1) is 10.1 Å². The van der Waals surface area contributed by atoms with E-state index in [4.69, 9.17) is 4.42 Å². The molecule has 0 spiro atoms. The van der Waals surface area contributed by atoms with Crippen molar-refractivity contribution in [2.24, 2.45) is 0 Å². The van der Waals surface area contributed by atoms with Crippen molar-refractivity contribution in [2.45, 2.75) is 11.4 Å². The highest BCUT2D eigenvalue weighted by Crippen LogP contribution is 2.23. The highest BCUT2D eigenvalue weighted by Gasteiger charge is 2.24. The first-order valence-corrected chi connectivity index (χ1v) is 9.52. The normalized spacial score (nSPS) is 11.1. The maximum atomic E-state index is 12.4. The Kier molecular flexibility index (Phi) is 5.52. The zero-order chi connectivity index (χ0) is 20.1. The van der Waals surface area contributed by atoms with E-state index in [1.807, 2.05) is 0 Å². The van der Waals surface area contributed by atoms with Crippen molar-refractivity contribution in [2.75, 3.05) is 5.32 Å². The molecule has 0 aliphatic heterocycles. The van der Waals surface area contributed by atoms with Crippen molar-refractivity contribution in [3.05, 3.63) is 88.4 Å². The largest absolute Gasteiger partial charge is 0.459 e. The highest BCUT2D eigenvalue weighted by molar-refractivity contribution is 7.89. The number of nitro groups is 1. The van der Waals surface area contributed by atoms with E-state index in [2.05, 4.69) is 10.0 Å². The van der Waals surface area contributed by atoms with Gasteiger partial charge >= 0.3 is 0 Å². The highest BCUT2D eigenvalue weighted by atomic mass is 32.2. The van der Waals surface area contributed by atoms with Gasteiger partial charge in [0.05, 0.1) is 11.2 Å². The monoisotopic (exact) mass is 401 g/mol. The molecule has 0 saturated heterocycles. The molecule has 1 heterocycles. The molecule has 0 atom stereocenters. The summed E-state index contributed by atoms with van der Waals surface area (Å²) in [5.74, 6) is -0.240. The molecule has 2 N–H and O–H groups in total. The van der Waals surface area contributed by atoms with Gasteiger partial charge in [-0.1, -0.05) is 24.3 Å². The summed E-state index contributed by atoms with van der Waals surface area (Å²) in [6.07, 6.45) is 1.39. The number of hydrogen-bond donors (Lipinski definition) is 2. The van der Waals surface area contributed by atoms with Crippen molar-refractivity contribution in [3.63, 3.8) is 0 Å². The van der Waals surface area contributed by atoms with Gasteiger partial charge in [-0.05, 0) is 35.9 Å². The number of hydrogen-bond acceptors (Lipinski definition) is 6. The molecular weight excluding hydrogens is 386 g/mol. The quantitative estimate of drug-likeness (QED) is 0.462. The lowest BCUT2D eigenvalue weighted by Crippen LogP contribution is -2.24. The molecule has 1 amide bonds. The summed E-state index contributed by atoms with van der Waals surface area (Å²) < 4.78 is 32.1. The number of anilines is 1. The fraction of sp³-hybridized carbons (Fsp3) is 0.0556. The van der Waals surface area contributed by atoms with Crippen LogP contribution in [0.1, 0.15) is 16.1 Å². The summed E-state index contributed by atoms with van der Waals surface area (Å²) >= 11 is 0. The number of amides is 1. The van der Waals surface area contributed by atoms with Crippen LogP contribution in [-0.4, -0.2) is 19.2 Å². The minimum Gasteiger partial charge on any atom is -0.459 e. The second kappa shape index (κ2) is 8.03. The summed E-state index contributed by atoms with van der Waals surface area (Å²) in [5.41, 5.74) is 0.621. The van der Waals surface area contributed by atoms with Crippen molar-refractivity contribution >= 4 is 27.3 Å². The lowest BCUT2D eigenvalue weighted by Gasteiger charge is -2.08. The zero-order valence-electron chi connectivity index (χ0n) is 14.4. The first-order chi connectivity index (χ1) is 13.4. The number of carbonyl (C=O) groups is 1. The smallest absolute Gasteiger partial charge is 0.291 e. The number of carbonyl (C=O) groups excluding carboxylic acids is 1. The van der Waals surface area contributed by atoms with Crippen molar-refractivity contribution in [1.29, 1.82) is 0 Å². The Labute approximate surface area is 160 Å². The molecule has 0 bridgehead atoms. The van der Waals surface area contributed by atoms with Gasteiger partial charge in [-0.3, -0.25) is 14.9 Å². The van der Waals surface area contributed by atoms with Crippen LogP contribution in [0.2, 0.25) is 0 Å². The molecule has 3 rings (SSSR count). The average molecular weight is 401 g/mol. The predicted octanol–water partition coefficient (Wildman–Crippen LogP) is 2.92. The molecule has 2 aromatic carbocycles. The first-order valence-electron chi connectivity index (χ1n) is 8.04. The minimum atomic E-state index is -4.07. The molecule has 0 radical (unpaired) electrons. The van der Waals surface area contributed by atoms with E-state index in [-0.39, 0.29) is 12.3 Å². The SMILES string of the molecule is O=C(Nc1ccc(CNS(=O)(=O)c2ccccc2[N+](=O)[O-])cc1)c1ccco1. The van der Waals surface area contributed by atoms with E-state index in [0.29, 0.717) is 11.3 Å². The van der Waals surface area contributed by atoms with Crippen LogP contribution in [0.25, 0.3) is 0 Å². The van der Waals surface area contributed by atoms with Crippen molar-refractivity contribution in [3.8, 4) is 0 Å². The Balaban J connectivity index is 1.66.